The van der Waals surface area contributed by atoms with Gasteiger partial charge in [-0.25, -0.2) is 0 Å². The molecule has 0 N–H and O–H groups in total. The largest absolute Gasteiger partial charge is 0.103 e. The van der Waals surface area contributed by atoms with Crippen LogP contribution >= 0.6 is 0 Å². The fourth-order valence-corrected chi connectivity index (χ4v) is 1.59. The minimum absolute atomic E-state index is 0.441. The number of hydrogen-bond acceptors (Lipinski definition) is 0. The van der Waals surface area contributed by atoms with Crippen molar-refractivity contribution < 1.29 is 0 Å². The van der Waals surface area contributed by atoms with Gasteiger partial charge in [-0.05, 0) is 29.9 Å². The molecule has 1 unspecified atom stereocenters. The quantitative estimate of drug-likeness (QED) is 0.599. The zero-order valence-corrected chi connectivity index (χ0v) is 10.9. The van der Waals surface area contributed by atoms with E-state index in [0.29, 0.717) is 5.92 Å². The topological polar surface area (TPSA) is 0 Å². The molecule has 1 aromatic carbocycles. The molecule has 16 heavy (non-hydrogen) atoms. The normalized spacial score (nSPS) is 10.9. The molecule has 0 nitrogen and oxygen atoms in total. The van der Waals surface area contributed by atoms with Crippen molar-refractivity contribution in [1.29, 1.82) is 0 Å². The Hall–Kier alpha value is -1.30. The minimum Gasteiger partial charge on any atom is -0.103 e. The molecule has 0 saturated heterocycles. The van der Waals surface area contributed by atoms with Crippen LogP contribution in [0, 0.1) is 0 Å². The highest BCUT2D eigenvalue weighted by atomic mass is 14.1. The van der Waals surface area contributed by atoms with Gasteiger partial charge in [-0.3, -0.25) is 0 Å². The molecule has 0 saturated carbocycles. The first-order chi connectivity index (χ1) is 7.79. The van der Waals surface area contributed by atoms with Gasteiger partial charge in [0.15, 0.2) is 0 Å². The van der Waals surface area contributed by atoms with Gasteiger partial charge in [0.2, 0.25) is 0 Å². The maximum Gasteiger partial charge on any atom is -0.00104 e. The van der Waals surface area contributed by atoms with E-state index in [0.717, 1.165) is 12.8 Å². The van der Waals surface area contributed by atoms with Gasteiger partial charge in [0, 0.05) is 0 Å². The van der Waals surface area contributed by atoms with E-state index in [-0.39, 0.29) is 0 Å². The maximum absolute atomic E-state index is 3.84. The Bertz CT molecular complexity index is 310. The lowest BCUT2D eigenvalue weighted by atomic mass is 9.93. The number of hydrogen-bond donors (Lipinski definition) is 0. The molecular formula is C16H24. The molecular weight excluding hydrogens is 192 g/mol. The van der Waals surface area contributed by atoms with Crippen molar-refractivity contribution >= 4 is 0 Å². The first kappa shape index (κ1) is 14.7. The summed E-state index contributed by atoms with van der Waals surface area (Å²) in [6.07, 6.45) is 6.08. The molecule has 0 aliphatic carbocycles. The van der Waals surface area contributed by atoms with E-state index in [1.165, 1.54) is 11.1 Å². The molecule has 0 spiro atoms. The fraction of sp³-hybridized carbons (Fsp3) is 0.375. The van der Waals surface area contributed by atoms with Crippen LogP contribution in [-0.2, 0) is 6.42 Å². The van der Waals surface area contributed by atoms with E-state index in [2.05, 4.69) is 44.3 Å². The summed E-state index contributed by atoms with van der Waals surface area (Å²) in [6, 6.07) is 8.56. The summed E-state index contributed by atoms with van der Waals surface area (Å²) in [7, 11) is 0. The van der Waals surface area contributed by atoms with Crippen LogP contribution in [0.3, 0.4) is 0 Å². The molecule has 1 rings (SSSR count). The SMILES string of the molecule is C=CCCc1ccccc1C(C)C=C.CC. The van der Waals surface area contributed by atoms with Crippen molar-refractivity contribution in [3.8, 4) is 0 Å². The summed E-state index contributed by atoms with van der Waals surface area (Å²) < 4.78 is 0. The first-order valence-electron chi connectivity index (χ1n) is 6.11. The second-order valence-corrected chi connectivity index (χ2v) is 3.55. The Balaban J connectivity index is 0.00000106. The molecule has 0 amide bonds. The average molecular weight is 216 g/mol. The third-order valence-corrected chi connectivity index (χ3v) is 2.52. The van der Waals surface area contributed by atoms with Gasteiger partial charge in [0.05, 0.1) is 0 Å². The number of aryl methyl sites for hydroxylation is 1. The van der Waals surface area contributed by atoms with E-state index >= 15 is 0 Å². The van der Waals surface area contributed by atoms with Crippen LogP contribution in [0.4, 0.5) is 0 Å². The monoisotopic (exact) mass is 216 g/mol. The maximum atomic E-state index is 3.84. The zero-order valence-electron chi connectivity index (χ0n) is 10.9. The summed E-state index contributed by atoms with van der Waals surface area (Å²) in [4.78, 5) is 0. The lowest BCUT2D eigenvalue weighted by Crippen LogP contribution is -1.96. The van der Waals surface area contributed by atoms with Gasteiger partial charge in [0.25, 0.3) is 0 Å². The van der Waals surface area contributed by atoms with E-state index in [1.54, 1.807) is 0 Å². The zero-order chi connectivity index (χ0) is 12.4. The van der Waals surface area contributed by atoms with Crippen molar-refractivity contribution in [3.05, 3.63) is 60.7 Å². The second kappa shape index (κ2) is 8.96. The highest BCUT2D eigenvalue weighted by Crippen LogP contribution is 2.21. The molecule has 0 bridgehead atoms. The average Bonchev–Trinajstić information content (AvgIpc) is 2.38. The summed E-state index contributed by atoms with van der Waals surface area (Å²) in [6.45, 7) is 13.8. The van der Waals surface area contributed by atoms with Crippen molar-refractivity contribution in [2.75, 3.05) is 0 Å². The van der Waals surface area contributed by atoms with Gasteiger partial charge >= 0.3 is 0 Å². The second-order valence-electron chi connectivity index (χ2n) is 3.55. The molecule has 0 radical (unpaired) electrons. The molecule has 0 heteroatoms. The van der Waals surface area contributed by atoms with Gasteiger partial charge in [-0.15, -0.1) is 13.2 Å². The highest BCUT2D eigenvalue weighted by Gasteiger charge is 2.05. The predicted octanol–water partition coefficient (Wildman–Crippen LogP) is 5.12. The number of allylic oxidation sites excluding steroid dienone is 2. The predicted molar refractivity (Wildman–Crippen MR) is 74.9 cm³/mol. The Morgan fingerprint density at radius 1 is 1.19 bits per heavy atom. The van der Waals surface area contributed by atoms with E-state index < -0.39 is 0 Å². The van der Waals surface area contributed by atoms with Gasteiger partial charge in [0.1, 0.15) is 0 Å². The van der Waals surface area contributed by atoms with Crippen LogP contribution in [-0.4, -0.2) is 0 Å². The third-order valence-electron chi connectivity index (χ3n) is 2.52. The van der Waals surface area contributed by atoms with Crippen LogP contribution in [0.15, 0.2) is 49.6 Å². The van der Waals surface area contributed by atoms with Crippen molar-refractivity contribution in [2.45, 2.75) is 39.5 Å². The minimum atomic E-state index is 0.441. The van der Waals surface area contributed by atoms with E-state index in [1.807, 2.05) is 26.0 Å². The summed E-state index contributed by atoms with van der Waals surface area (Å²) in [5.74, 6) is 0.441. The van der Waals surface area contributed by atoms with Crippen LogP contribution in [0.5, 0.6) is 0 Å². The summed E-state index contributed by atoms with van der Waals surface area (Å²) in [5, 5.41) is 0. The highest BCUT2D eigenvalue weighted by molar-refractivity contribution is 5.32. The standard InChI is InChI=1S/C14H18.C2H6/c1-4-6-9-13-10-7-8-11-14(13)12(3)5-2;1-2/h4-5,7-8,10-12H,1-2,6,9H2,3H3;1-2H3. The lowest BCUT2D eigenvalue weighted by molar-refractivity contribution is 0.904. The van der Waals surface area contributed by atoms with Gasteiger partial charge in [-0.1, -0.05) is 57.2 Å². The summed E-state index contributed by atoms with van der Waals surface area (Å²) >= 11 is 0. The van der Waals surface area contributed by atoms with Crippen molar-refractivity contribution in [2.24, 2.45) is 0 Å². The van der Waals surface area contributed by atoms with Crippen LogP contribution < -0.4 is 0 Å². The van der Waals surface area contributed by atoms with E-state index in [9.17, 15) is 0 Å². The molecule has 0 aliphatic heterocycles. The van der Waals surface area contributed by atoms with Crippen LogP contribution in [0.1, 0.15) is 44.2 Å². The fourth-order valence-electron chi connectivity index (χ4n) is 1.59. The van der Waals surface area contributed by atoms with Crippen LogP contribution in [0.25, 0.3) is 0 Å². The molecule has 0 heterocycles. The molecule has 0 aliphatic rings. The first-order valence-corrected chi connectivity index (χ1v) is 6.11. The van der Waals surface area contributed by atoms with E-state index in [4.69, 9.17) is 0 Å². The Labute approximate surface area is 101 Å². The summed E-state index contributed by atoms with van der Waals surface area (Å²) in [5.41, 5.74) is 2.81. The van der Waals surface area contributed by atoms with Gasteiger partial charge in [-0.2, -0.15) is 0 Å². The lowest BCUT2D eigenvalue weighted by Gasteiger charge is -2.12. The Morgan fingerprint density at radius 3 is 2.38 bits per heavy atom. The van der Waals surface area contributed by atoms with Crippen LogP contribution in [0.2, 0.25) is 0 Å². The Kier molecular flexibility index (Phi) is 8.24. The number of benzene rings is 1. The number of rotatable bonds is 5. The molecule has 0 fully saturated rings. The molecule has 1 aromatic rings. The van der Waals surface area contributed by atoms with Gasteiger partial charge < -0.3 is 0 Å². The molecule has 88 valence electrons. The molecule has 0 aromatic heterocycles. The third kappa shape index (κ3) is 4.48. The van der Waals surface area contributed by atoms with Crippen molar-refractivity contribution in [3.63, 3.8) is 0 Å². The Morgan fingerprint density at radius 2 is 1.81 bits per heavy atom. The smallest absolute Gasteiger partial charge is 0.00104 e. The van der Waals surface area contributed by atoms with Crippen molar-refractivity contribution in [1.82, 2.24) is 0 Å². The molecule has 1 atom stereocenters.